The number of aliphatic hydroxyl groups excluding tert-OH is 1. The lowest BCUT2D eigenvalue weighted by atomic mass is 10.1. The molecule has 2 aromatic rings. The van der Waals surface area contributed by atoms with E-state index in [0.717, 1.165) is 24.3 Å². The molecule has 0 saturated carbocycles. The van der Waals surface area contributed by atoms with Gasteiger partial charge in [-0.3, -0.25) is 0 Å². The lowest BCUT2D eigenvalue weighted by molar-refractivity contribution is 0.232. The molecule has 0 bridgehead atoms. The van der Waals surface area contributed by atoms with Crippen LogP contribution in [0.15, 0.2) is 42.5 Å². The molecule has 0 aliphatic heterocycles. The molecule has 19 heavy (non-hydrogen) atoms. The number of hydrogen-bond donors (Lipinski definition) is 1. The van der Waals surface area contributed by atoms with E-state index in [1.54, 1.807) is 0 Å². The number of hydrogen-bond acceptors (Lipinski definition) is 2. The molecule has 0 heterocycles. The van der Waals surface area contributed by atoms with Gasteiger partial charge in [-0.25, -0.2) is 0 Å². The molecular formula is C17H18O2. The van der Waals surface area contributed by atoms with Crippen molar-refractivity contribution >= 4 is 0 Å². The molecule has 2 heteroatoms. The second-order valence-corrected chi connectivity index (χ2v) is 5.27. The molecule has 1 N–H and O–H groups in total. The summed E-state index contributed by atoms with van der Waals surface area (Å²) < 4.78 is 5.99. The quantitative estimate of drug-likeness (QED) is 0.908. The summed E-state index contributed by atoms with van der Waals surface area (Å²) in [6.45, 7) is 2.31. The van der Waals surface area contributed by atoms with E-state index in [0.29, 0.717) is 5.92 Å². The molecule has 0 fully saturated rings. The first-order valence-electron chi connectivity index (χ1n) is 6.72. The molecular weight excluding hydrogens is 236 g/mol. The summed E-state index contributed by atoms with van der Waals surface area (Å²) in [5, 5.41) is 9.31. The summed E-state index contributed by atoms with van der Waals surface area (Å²) in [6, 6.07) is 14.3. The number of rotatable bonds is 3. The topological polar surface area (TPSA) is 29.5 Å². The highest BCUT2D eigenvalue weighted by molar-refractivity contribution is 5.46. The fourth-order valence-corrected chi connectivity index (χ4v) is 2.66. The third-order valence-electron chi connectivity index (χ3n) is 3.74. The Bertz CT molecular complexity index is 572. The van der Waals surface area contributed by atoms with Gasteiger partial charge >= 0.3 is 0 Å². The fourth-order valence-electron chi connectivity index (χ4n) is 2.66. The van der Waals surface area contributed by atoms with Gasteiger partial charge in [0.05, 0.1) is 0 Å². The van der Waals surface area contributed by atoms with Crippen LogP contribution < -0.4 is 4.74 Å². The second-order valence-electron chi connectivity index (χ2n) is 5.27. The lowest BCUT2D eigenvalue weighted by Crippen LogP contribution is -2.04. The van der Waals surface area contributed by atoms with Gasteiger partial charge < -0.3 is 9.84 Å². The van der Waals surface area contributed by atoms with Gasteiger partial charge in [0.1, 0.15) is 11.5 Å². The smallest absolute Gasteiger partial charge is 0.130 e. The number of aliphatic hydroxyl groups is 1. The first-order chi connectivity index (χ1) is 9.26. The van der Waals surface area contributed by atoms with Crippen LogP contribution in [0.5, 0.6) is 11.5 Å². The van der Waals surface area contributed by atoms with Gasteiger partial charge in [-0.15, -0.1) is 0 Å². The molecule has 0 aromatic heterocycles. The Balaban J connectivity index is 1.87. The van der Waals surface area contributed by atoms with Crippen molar-refractivity contribution in [3.05, 3.63) is 59.2 Å². The Labute approximate surface area is 113 Å². The van der Waals surface area contributed by atoms with E-state index in [4.69, 9.17) is 4.74 Å². The minimum atomic E-state index is 0.249. The molecule has 0 amide bonds. The van der Waals surface area contributed by atoms with Crippen LogP contribution >= 0.6 is 0 Å². The third kappa shape index (κ3) is 2.49. The Kier molecular flexibility index (Phi) is 3.26. The summed E-state index contributed by atoms with van der Waals surface area (Å²) in [5.41, 5.74) is 3.79. The normalized spacial score (nSPS) is 17.3. The summed E-state index contributed by atoms with van der Waals surface area (Å²) in [5.74, 6) is 2.14. The Morgan fingerprint density at radius 3 is 2.63 bits per heavy atom. The monoisotopic (exact) mass is 254 g/mol. The summed E-state index contributed by atoms with van der Waals surface area (Å²) in [7, 11) is 0. The van der Waals surface area contributed by atoms with Gasteiger partial charge in [-0.1, -0.05) is 29.8 Å². The number of benzene rings is 2. The summed E-state index contributed by atoms with van der Waals surface area (Å²) in [4.78, 5) is 0. The number of fused-ring (bicyclic) bond motifs is 1. The Hall–Kier alpha value is -1.80. The Morgan fingerprint density at radius 1 is 1.11 bits per heavy atom. The van der Waals surface area contributed by atoms with E-state index in [1.165, 1.54) is 16.7 Å². The van der Waals surface area contributed by atoms with Crippen molar-refractivity contribution in [1.29, 1.82) is 0 Å². The van der Waals surface area contributed by atoms with Crippen molar-refractivity contribution in [3.63, 3.8) is 0 Å². The average Bonchev–Trinajstić information content (AvgIpc) is 2.85. The van der Waals surface area contributed by atoms with Gasteiger partial charge in [0.25, 0.3) is 0 Å². The maximum Gasteiger partial charge on any atom is 0.130 e. The highest BCUT2D eigenvalue weighted by Crippen LogP contribution is 2.35. The van der Waals surface area contributed by atoms with Crippen LogP contribution in [0.4, 0.5) is 0 Å². The summed E-state index contributed by atoms with van der Waals surface area (Å²) >= 11 is 0. The third-order valence-corrected chi connectivity index (χ3v) is 3.74. The van der Waals surface area contributed by atoms with Crippen LogP contribution in [-0.2, 0) is 12.8 Å². The molecule has 0 saturated heterocycles. The molecule has 0 spiro atoms. The molecule has 2 nitrogen and oxygen atoms in total. The van der Waals surface area contributed by atoms with Crippen molar-refractivity contribution in [2.75, 3.05) is 6.61 Å². The zero-order chi connectivity index (χ0) is 13.2. The molecule has 1 atom stereocenters. The van der Waals surface area contributed by atoms with Gasteiger partial charge in [-0.05, 0) is 55.0 Å². The van der Waals surface area contributed by atoms with Crippen LogP contribution in [0.3, 0.4) is 0 Å². The zero-order valence-electron chi connectivity index (χ0n) is 11.1. The highest BCUT2D eigenvalue weighted by atomic mass is 16.5. The second kappa shape index (κ2) is 5.06. The van der Waals surface area contributed by atoms with Crippen molar-refractivity contribution in [3.8, 4) is 11.5 Å². The SMILES string of the molecule is Cc1ccc(Oc2cccc3c2CC(CO)C3)cc1. The van der Waals surface area contributed by atoms with E-state index in [1.807, 2.05) is 24.3 Å². The molecule has 0 radical (unpaired) electrons. The van der Waals surface area contributed by atoms with E-state index in [2.05, 4.69) is 25.1 Å². The minimum Gasteiger partial charge on any atom is -0.457 e. The van der Waals surface area contributed by atoms with Crippen LogP contribution in [-0.4, -0.2) is 11.7 Å². The first kappa shape index (κ1) is 12.2. The molecule has 1 aliphatic rings. The highest BCUT2D eigenvalue weighted by Gasteiger charge is 2.23. The maximum absolute atomic E-state index is 9.31. The maximum atomic E-state index is 9.31. The van der Waals surface area contributed by atoms with E-state index in [-0.39, 0.29) is 6.61 Å². The minimum absolute atomic E-state index is 0.249. The van der Waals surface area contributed by atoms with E-state index in [9.17, 15) is 5.11 Å². The van der Waals surface area contributed by atoms with Crippen LogP contribution in [0, 0.1) is 12.8 Å². The average molecular weight is 254 g/mol. The van der Waals surface area contributed by atoms with E-state index >= 15 is 0 Å². The fraction of sp³-hybridized carbons (Fsp3) is 0.294. The number of aryl methyl sites for hydroxylation is 1. The van der Waals surface area contributed by atoms with Crippen molar-refractivity contribution < 1.29 is 9.84 Å². The van der Waals surface area contributed by atoms with Crippen molar-refractivity contribution in [1.82, 2.24) is 0 Å². The van der Waals surface area contributed by atoms with Crippen molar-refractivity contribution in [2.45, 2.75) is 19.8 Å². The Morgan fingerprint density at radius 2 is 1.89 bits per heavy atom. The standard InChI is InChI=1S/C17H18O2/c1-12-5-7-15(8-6-12)19-17-4-2-3-14-9-13(11-18)10-16(14)17/h2-8,13,18H,9-11H2,1H3. The van der Waals surface area contributed by atoms with Crippen LogP contribution in [0.1, 0.15) is 16.7 Å². The predicted octanol–water partition coefficient (Wildman–Crippen LogP) is 3.49. The van der Waals surface area contributed by atoms with Gasteiger partial charge in [0.2, 0.25) is 0 Å². The molecule has 98 valence electrons. The zero-order valence-corrected chi connectivity index (χ0v) is 11.1. The van der Waals surface area contributed by atoms with Gasteiger partial charge in [0.15, 0.2) is 0 Å². The predicted molar refractivity (Wildman–Crippen MR) is 75.7 cm³/mol. The molecule has 1 unspecified atom stereocenters. The molecule has 3 rings (SSSR count). The van der Waals surface area contributed by atoms with Gasteiger partial charge in [-0.2, -0.15) is 0 Å². The number of ether oxygens (including phenoxy) is 1. The van der Waals surface area contributed by atoms with Crippen molar-refractivity contribution in [2.24, 2.45) is 5.92 Å². The lowest BCUT2D eigenvalue weighted by Gasteiger charge is -2.10. The molecule has 1 aliphatic carbocycles. The first-order valence-corrected chi connectivity index (χ1v) is 6.72. The largest absolute Gasteiger partial charge is 0.457 e. The van der Waals surface area contributed by atoms with Gasteiger partial charge in [0, 0.05) is 6.61 Å². The molecule has 2 aromatic carbocycles. The van der Waals surface area contributed by atoms with E-state index < -0.39 is 0 Å². The van der Waals surface area contributed by atoms with Crippen LogP contribution in [0.25, 0.3) is 0 Å². The summed E-state index contributed by atoms with van der Waals surface area (Å²) in [6.07, 6.45) is 1.87. The van der Waals surface area contributed by atoms with Crippen LogP contribution in [0.2, 0.25) is 0 Å².